The van der Waals surface area contributed by atoms with Gasteiger partial charge in [0.05, 0.1) is 18.1 Å². The number of hydrogen-bond donors (Lipinski definition) is 1. The van der Waals surface area contributed by atoms with Gasteiger partial charge in [-0.05, 0) is 35.2 Å². The second-order valence-corrected chi connectivity index (χ2v) is 9.53. The van der Waals surface area contributed by atoms with Crippen LogP contribution in [-0.4, -0.2) is 44.9 Å². The van der Waals surface area contributed by atoms with E-state index in [2.05, 4.69) is 5.32 Å². The van der Waals surface area contributed by atoms with Crippen LogP contribution in [0.4, 0.5) is 0 Å². The van der Waals surface area contributed by atoms with Crippen molar-refractivity contribution in [1.82, 2.24) is 9.62 Å². The molecule has 1 amide bonds. The first-order chi connectivity index (χ1) is 15.6. The van der Waals surface area contributed by atoms with Gasteiger partial charge in [0.15, 0.2) is 0 Å². The molecule has 3 aromatic carbocycles. The van der Waals surface area contributed by atoms with Crippen molar-refractivity contribution in [1.29, 1.82) is 0 Å². The fourth-order valence-electron chi connectivity index (χ4n) is 3.81. The first kappa shape index (κ1) is 22.2. The van der Waals surface area contributed by atoms with Crippen molar-refractivity contribution in [3.05, 3.63) is 101 Å². The number of morpholine rings is 1. The summed E-state index contributed by atoms with van der Waals surface area (Å²) < 4.78 is 33.0. The first-order valence-corrected chi connectivity index (χ1v) is 12.1. The fraction of sp³-hybridized carbons (Fsp3) is 0.240. The standard InChI is InChI=1S/C25H26N2O4S/c28-25(23-12-6-4-10-21(23)18-20-8-2-1-3-9-20)26-19-22-11-5-7-13-24(22)32(29,30)27-14-16-31-17-15-27/h1-13H,14-19H2,(H,26,28). The molecule has 6 nitrogen and oxygen atoms in total. The number of carbonyl (C=O) groups excluding carboxylic acids is 1. The number of ether oxygens (including phenoxy) is 1. The Morgan fingerprint density at radius 3 is 2.22 bits per heavy atom. The molecule has 0 atom stereocenters. The third-order valence-corrected chi connectivity index (χ3v) is 7.50. The van der Waals surface area contributed by atoms with Gasteiger partial charge in [-0.25, -0.2) is 8.42 Å². The summed E-state index contributed by atoms with van der Waals surface area (Å²) in [7, 11) is -3.65. The number of benzene rings is 3. The number of nitrogens with one attached hydrogen (secondary N) is 1. The molecule has 0 saturated carbocycles. The summed E-state index contributed by atoms with van der Waals surface area (Å²) in [6.07, 6.45) is 0.645. The molecule has 1 aliphatic heterocycles. The van der Waals surface area contributed by atoms with Crippen LogP contribution in [0.5, 0.6) is 0 Å². The van der Waals surface area contributed by atoms with Crippen molar-refractivity contribution >= 4 is 15.9 Å². The SMILES string of the molecule is O=C(NCc1ccccc1S(=O)(=O)N1CCOCC1)c1ccccc1Cc1ccccc1. The average molecular weight is 451 g/mol. The van der Waals surface area contributed by atoms with Crippen molar-refractivity contribution in [3.63, 3.8) is 0 Å². The molecule has 0 spiro atoms. The topological polar surface area (TPSA) is 75.7 Å². The van der Waals surface area contributed by atoms with Gasteiger partial charge in [-0.2, -0.15) is 4.31 Å². The molecule has 3 aromatic rings. The zero-order valence-electron chi connectivity index (χ0n) is 17.7. The van der Waals surface area contributed by atoms with E-state index in [1.54, 1.807) is 30.3 Å². The number of carbonyl (C=O) groups is 1. The van der Waals surface area contributed by atoms with Crippen LogP contribution in [0.2, 0.25) is 0 Å². The van der Waals surface area contributed by atoms with Crippen LogP contribution >= 0.6 is 0 Å². The lowest BCUT2D eigenvalue weighted by Crippen LogP contribution is -2.41. The highest BCUT2D eigenvalue weighted by Crippen LogP contribution is 2.22. The van der Waals surface area contributed by atoms with E-state index in [1.807, 2.05) is 48.5 Å². The Labute approximate surface area is 188 Å². The van der Waals surface area contributed by atoms with Gasteiger partial charge in [-0.1, -0.05) is 66.7 Å². The fourth-order valence-corrected chi connectivity index (χ4v) is 5.44. The molecule has 166 valence electrons. The van der Waals surface area contributed by atoms with Crippen LogP contribution in [0.15, 0.2) is 83.8 Å². The summed E-state index contributed by atoms with van der Waals surface area (Å²) >= 11 is 0. The molecule has 1 aliphatic rings. The molecule has 1 saturated heterocycles. The minimum Gasteiger partial charge on any atom is -0.379 e. The van der Waals surface area contributed by atoms with Gasteiger partial charge < -0.3 is 10.1 Å². The van der Waals surface area contributed by atoms with Crippen LogP contribution in [-0.2, 0) is 27.7 Å². The van der Waals surface area contributed by atoms with Crippen LogP contribution in [0.1, 0.15) is 27.0 Å². The lowest BCUT2D eigenvalue weighted by molar-refractivity contribution is 0.0730. The Bertz CT molecular complexity index is 1170. The summed E-state index contributed by atoms with van der Waals surface area (Å²) in [4.78, 5) is 13.2. The molecule has 0 bridgehead atoms. The highest BCUT2D eigenvalue weighted by molar-refractivity contribution is 7.89. The van der Waals surface area contributed by atoms with E-state index in [1.165, 1.54) is 4.31 Å². The van der Waals surface area contributed by atoms with Gasteiger partial charge in [0.2, 0.25) is 10.0 Å². The number of rotatable bonds is 7. The highest BCUT2D eigenvalue weighted by Gasteiger charge is 2.28. The van der Waals surface area contributed by atoms with Gasteiger partial charge in [-0.3, -0.25) is 4.79 Å². The molecule has 1 N–H and O–H groups in total. The molecule has 0 radical (unpaired) electrons. The highest BCUT2D eigenvalue weighted by atomic mass is 32.2. The Morgan fingerprint density at radius 1 is 0.844 bits per heavy atom. The summed E-state index contributed by atoms with van der Waals surface area (Å²) in [6, 6.07) is 24.3. The maximum atomic E-state index is 13.1. The largest absolute Gasteiger partial charge is 0.379 e. The molecule has 0 aliphatic carbocycles. The molecular formula is C25H26N2O4S. The van der Waals surface area contributed by atoms with Crippen LogP contribution < -0.4 is 5.32 Å². The van der Waals surface area contributed by atoms with Crippen LogP contribution in [0, 0.1) is 0 Å². The van der Waals surface area contributed by atoms with Crippen molar-refractivity contribution in [2.75, 3.05) is 26.3 Å². The molecule has 1 fully saturated rings. The molecular weight excluding hydrogens is 424 g/mol. The summed E-state index contributed by atoms with van der Waals surface area (Å²) in [5, 5.41) is 2.91. The zero-order valence-corrected chi connectivity index (χ0v) is 18.6. The lowest BCUT2D eigenvalue weighted by Gasteiger charge is -2.27. The van der Waals surface area contributed by atoms with E-state index < -0.39 is 10.0 Å². The van der Waals surface area contributed by atoms with Crippen LogP contribution in [0.25, 0.3) is 0 Å². The van der Waals surface area contributed by atoms with E-state index >= 15 is 0 Å². The van der Waals surface area contributed by atoms with Crippen LogP contribution in [0.3, 0.4) is 0 Å². The Hall–Kier alpha value is -3.00. The van der Waals surface area contributed by atoms with Gasteiger partial charge in [-0.15, -0.1) is 0 Å². The van der Waals surface area contributed by atoms with Gasteiger partial charge in [0, 0.05) is 25.2 Å². The maximum Gasteiger partial charge on any atom is 0.251 e. The smallest absolute Gasteiger partial charge is 0.251 e. The zero-order chi connectivity index (χ0) is 22.4. The molecule has 1 heterocycles. The minimum atomic E-state index is -3.65. The average Bonchev–Trinajstić information content (AvgIpc) is 2.84. The van der Waals surface area contributed by atoms with Gasteiger partial charge >= 0.3 is 0 Å². The first-order valence-electron chi connectivity index (χ1n) is 10.6. The maximum absolute atomic E-state index is 13.1. The Balaban J connectivity index is 1.51. The van der Waals surface area contributed by atoms with E-state index in [4.69, 9.17) is 4.74 Å². The van der Waals surface area contributed by atoms with Gasteiger partial charge in [0.25, 0.3) is 5.91 Å². The minimum absolute atomic E-state index is 0.123. The third kappa shape index (κ3) is 5.07. The predicted molar refractivity (Wildman–Crippen MR) is 123 cm³/mol. The van der Waals surface area contributed by atoms with E-state index in [9.17, 15) is 13.2 Å². The molecule has 0 unspecified atom stereocenters. The van der Waals surface area contributed by atoms with Gasteiger partial charge in [0.1, 0.15) is 0 Å². The van der Waals surface area contributed by atoms with Crippen molar-refractivity contribution < 1.29 is 17.9 Å². The summed E-state index contributed by atoms with van der Waals surface area (Å²) in [6.45, 7) is 1.55. The second kappa shape index (κ2) is 10.1. The molecule has 7 heteroatoms. The molecule has 4 rings (SSSR count). The second-order valence-electron chi connectivity index (χ2n) is 7.63. The molecule has 0 aromatic heterocycles. The quantitative estimate of drug-likeness (QED) is 0.600. The Kier molecular flexibility index (Phi) is 6.99. The van der Waals surface area contributed by atoms with Crippen molar-refractivity contribution in [2.45, 2.75) is 17.9 Å². The number of sulfonamides is 1. The summed E-state index contributed by atoms with van der Waals surface area (Å²) in [5.74, 6) is -0.227. The number of hydrogen-bond acceptors (Lipinski definition) is 4. The lowest BCUT2D eigenvalue weighted by atomic mass is 9.99. The van der Waals surface area contributed by atoms with E-state index in [-0.39, 0.29) is 17.3 Å². The number of amides is 1. The monoisotopic (exact) mass is 450 g/mol. The predicted octanol–water partition coefficient (Wildman–Crippen LogP) is 3.23. The number of nitrogens with zero attached hydrogens (tertiary/aromatic N) is 1. The molecule has 32 heavy (non-hydrogen) atoms. The van der Waals surface area contributed by atoms with Crippen molar-refractivity contribution in [2.24, 2.45) is 0 Å². The normalized spacial score (nSPS) is 14.8. The van der Waals surface area contributed by atoms with E-state index in [0.717, 1.165) is 11.1 Å². The summed E-state index contributed by atoms with van der Waals surface area (Å²) in [5.41, 5.74) is 3.19. The van der Waals surface area contributed by atoms with Crippen molar-refractivity contribution in [3.8, 4) is 0 Å². The Morgan fingerprint density at radius 2 is 1.47 bits per heavy atom. The third-order valence-electron chi connectivity index (χ3n) is 5.50. The van der Waals surface area contributed by atoms with E-state index in [0.29, 0.717) is 43.9 Å².